The fourth-order valence-corrected chi connectivity index (χ4v) is 0. The molecule has 4 N–H and O–H groups in total. The Kier molecular flexibility index (Phi) is 17.7. The Morgan fingerprint density at radius 3 is 0.667 bits per heavy atom. The van der Waals surface area contributed by atoms with E-state index in [2.05, 4.69) is 0 Å². The van der Waals surface area contributed by atoms with Crippen LogP contribution in [0.15, 0.2) is 0 Å². The van der Waals surface area contributed by atoms with Gasteiger partial charge in [-0.15, -0.1) is 0 Å². The van der Waals surface area contributed by atoms with Gasteiger partial charge in [-0.3, -0.25) is 18.2 Å². The van der Waals surface area contributed by atoms with Crippen molar-refractivity contribution in [3.8, 4) is 0 Å². The molecule has 0 rings (SSSR count). The normalized spacial score (nSPS) is 9.67. The van der Waals surface area contributed by atoms with E-state index >= 15 is 0 Å². The summed E-state index contributed by atoms with van der Waals surface area (Å²) in [6, 6.07) is 0. The fraction of sp³-hybridized carbons (Fsp3) is 0. The molecule has 8 nitrogen and oxygen atoms in total. The average molecular weight is 246 g/mol. The molecule has 0 saturated heterocycles. The van der Waals surface area contributed by atoms with Crippen LogP contribution in [0.4, 0.5) is 0 Å². The topological polar surface area (TPSA) is 149 Å². The SMILES string of the molecule is O=S(=O)(O)O.O=S(=O)(O)O.[MgH2].[NaH]. The van der Waals surface area contributed by atoms with Gasteiger partial charge in [-0.2, -0.15) is 16.8 Å². The van der Waals surface area contributed by atoms with Crippen molar-refractivity contribution in [1.29, 1.82) is 0 Å². The molecular weight excluding hydrogens is 239 g/mol. The van der Waals surface area contributed by atoms with Gasteiger partial charge in [-0.25, -0.2) is 0 Å². The van der Waals surface area contributed by atoms with Crippen molar-refractivity contribution in [3.63, 3.8) is 0 Å². The third-order valence-corrected chi connectivity index (χ3v) is 0. The summed E-state index contributed by atoms with van der Waals surface area (Å²) < 4.78 is 63.2. The van der Waals surface area contributed by atoms with Crippen molar-refractivity contribution in [3.05, 3.63) is 0 Å². The summed E-state index contributed by atoms with van der Waals surface area (Å²) in [6.07, 6.45) is 0. The first-order valence-corrected chi connectivity index (χ1v) is 4.19. The van der Waals surface area contributed by atoms with Gasteiger partial charge in [-0.05, 0) is 0 Å². The minimum atomic E-state index is -4.67. The summed E-state index contributed by atoms with van der Waals surface area (Å²) >= 11 is 0. The third-order valence-electron chi connectivity index (χ3n) is 0. The molecule has 0 bridgehead atoms. The van der Waals surface area contributed by atoms with E-state index in [9.17, 15) is 0 Å². The molecule has 0 heterocycles. The van der Waals surface area contributed by atoms with E-state index < -0.39 is 20.8 Å². The molecule has 70 valence electrons. The summed E-state index contributed by atoms with van der Waals surface area (Å²) in [6.45, 7) is 0. The van der Waals surface area contributed by atoms with Crippen molar-refractivity contribution >= 4 is 73.4 Å². The molecule has 0 atom stereocenters. The van der Waals surface area contributed by atoms with Crippen LogP contribution in [0.25, 0.3) is 0 Å². The molecule has 0 saturated carbocycles. The monoisotopic (exact) mass is 246 g/mol. The van der Waals surface area contributed by atoms with Gasteiger partial charge in [0.1, 0.15) is 0 Å². The Hall–Kier alpha value is 1.51. The second-order valence-electron chi connectivity index (χ2n) is 0.896. The van der Waals surface area contributed by atoms with Crippen molar-refractivity contribution in [2.24, 2.45) is 0 Å². The van der Waals surface area contributed by atoms with E-state index in [4.69, 9.17) is 35.0 Å². The Balaban J connectivity index is -0.0000000457. The second-order valence-corrected chi connectivity index (χ2v) is 2.69. The van der Waals surface area contributed by atoms with Gasteiger partial charge in [0.25, 0.3) is 0 Å². The van der Waals surface area contributed by atoms with Gasteiger partial charge in [0.2, 0.25) is 0 Å². The van der Waals surface area contributed by atoms with Crippen LogP contribution >= 0.6 is 0 Å². The Bertz CT molecular complexity index is 213. The van der Waals surface area contributed by atoms with Gasteiger partial charge in [0.15, 0.2) is 0 Å². The van der Waals surface area contributed by atoms with E-state index in [1.165, 1.54) is 0 Å². The van der Waals surface area contributed by atoms with E-state index in [1.807, 2.05) is 0 Å². The average Bonchev–Trinajstić information content (AvgIpc) is 1.12. The first kappa shape index (κ1) is 23.4. The first-order valence-electron chi connectivity index (χ1n) is 1.40. The van der Waals surface area contributed by atoms with E-state index in [-0.39, 0.29) is 52.6 Å². The van der Waals surface area contributed by atoms with Crippen molar-refractivity contribution < 1.29 is 35.0 Å². The molecule has 0 fully saturated rings. The van der Waals surface area contributed by atoms with Crippen molar-refractivity contribution in [2.45, 2.75) is 0 Å². The minimum absolute atomic E-state index is 0. The first-order chi connectivity index (χ1) is 4.00. The van der Waals surface area contributed by atoms with Gasteiger partial charge < -0.3 is 0 Å². The van der Waals surface area contributed by atoms with Gasteiger partial charge in [-0.1, -0.05) is 0 Å². The molecule has 12 heavy (non-hydrogen) atoms. The van der Waals surface area contributed by atoms with Gasteiger partial charge in [0, 0.05) is 0 Å². The van der Waals surface area contributed by atoms with E-state index in [0.29, 0.717) is 0 Å². The summed E-state index contributed by atoms with van der Waals surface area (Å²) in [5.41, 5.74) is 0. The van der Waals surface area contributed by atoms with Crippen LogP contribution in [0.3, 0.4) is 0 Å². The molecule has 0 radical (unpaired) electrons. The zero-order valence-corrected chi connectivity index (χ0v) is 5.87. The summed E-state index contributed by atoms with van der Waals surface area (Å²) in [5, 5.41) is 0. The number of rotatable bonds is 0. The molecule has 0 amide bonds. The number of hydrogen-bond donors (Lipinski definition) is 4. The maximum absolute atomic E-state index is 8.74. The molecular formula is H7MgNaO8S2. The zero-order chi connectivity index (χ0) is 9.00. The predicted molar refractivity (Wildman–Crippen MR) is 44.0 cm³/mol. The van der Waals surface area contributed by atoms with Crippen LogP contribution in [-0.4, -0.2) is 87.7 Å². The number of hydrogen-bond acceptors (Lipinski definition) is 4. The van der Waals surface area contributed by atoms with Crippen molar-refractivity contribution in [1.82, 2.24) is 0 Å². The standard InChI is InChI=1S/Mg.Na.2H2O4S.3H/c;;2*1-5(2,3)4;;;/h;;2*(H2,1,2,3,4);;;. The summed E-state index contributed by atoms with van der Waals surface area (Å²) in [5.74, 6) is 0. The summed E-state index contributed by atoms with van der Waals surface area (Å²) in [4.78, 5) is 0. The van der Waals surface area contributed by atoms with Crippen LogP contribution in [0.1, 0.15) is 0 Å². The Morgan fingerprint density at radius 2 is 0.667 bits per heavy atom. The van der Waals surface area contributed by atoms with Gasteiger partial charge in [0.05, 0.1) is 0 Å². The predicted octanol–water partition coefficient (Wildman–Crippen LogP) is -2.87. The fourth-order valence-electron chi connectivity index (χ4n) is 0. The summed E-state index contributed by atoms with van der Waals surface area (Å²) in [7, 11) is -9.33. The molecule has 0 aromatic rings. The Labute approximate surface area is 107 Å². The van der Waals surface area contributed by atoms with Crippen LogP contribution in [0.2, 0.25) is 0 Å². The maximum atomic E-state index is 8.74. The molecule has 12 heteroatoms. The zero-order valence-electron chi connectivity index (χ0n) is 4.24. The van der Waals surface area contributed by atoms with Crippen LogP contribution in [0, 0.1) is 0 Å². The quantitative estimate of drug-likeness (QED) is 0.263. The van der Waals surface area contributed by atoms with Gasteiger partial charge >= 0.3 is 73.4 Å². The molecule has 0 aliphatic rings. The van der Waals surface area contributed by atoms with Crippen LogP contribution < -0.4 is 0 Å². The molecule has 0 spiro atoms. The van der Waals surface area contributed by atoms with E-state index in [0.717, 1.165) is 0 Å². The molecule has 0 aliphatic carbocycles. The molecule has 0 aromatic heterocycles. The van der Waals surface area contributed by atoms with Crippen LogP contribution in [0.5, 0.6) is 0 Å². The second kappa shape index (κ2) is 9.08. The third kappa shape index (κ3) is 560. The molecule has 0 unspecified atom stereocenters. The van der Waals surface area contributed by atoms with E-state index in [1.54, 1.807) is 0 Å². The van der Waals surface area contributed by atoms with Crippen molar-refractivity contribution in [2.75, 3.05) is 0 Å². The van der Waals surface area contributed by atoms with Crippen LogP contribution in [-0.2, 0) is 20.8 Å². The molecule has 0 aliphatic heterocycles. The Morgan fingerprint density at radius 1 is 0.667 bits per heavy atom. The molecule has 0 aromatic carbocycles.